The lowest BCUT2D eigenvalue weighted by atomic mass is 10.1. The van der Waals surface area contributed by atoms with Crippen LogP contribution in [0.2, 0.25) is 0 Å². The number of benzene rings is 1. The molecule has 100 valence electrons. The minimum absolute atomic E-state index is 0.341. The minimum Gasteiger partial charge on any atom is -0.467 e. The highest BCUT2D eigenvalue weighted by Gasteiger charge is 2.24. The Balaban J connectivity index is 2.33. The molecule has 0 aliphatic rings. The molecule has 0 bridgehead atoms. The number of hydrogen-bond acceptors (Lipinski definition) is 4. The quantitative estimate of drug-likeness (QED) is 0.854. The van der Waals surface area contributed by atoms with Gasteiger partial charge >= 0.3 is 5.97 Å². The number of nitrogens with zero attached hydrogens (tertiary/aromatic N) is 2. The molecule has 0 aliphatic heterocycles. The number of carbonyl (C=O) groups is 1. The third-order valence-electron chi connectivity index (χ3n) is 3.03. The second-order valence-electron chi connectivity index (χ2n) is 4.34. The van der Waals surface area contributed by atoms with Crippen LogP contribution in [-0.2, 0) is 16.6 Å². The summed E-state index contributed by atoms with van der Waals surface area (Å²) in [5, 5.41) is 3.21. The Morgan fingerprint density at radius 3 is 2.74 bits per heavy atom. The SMILES string of the molecule is COC(=O)C(Nc1ccccc1C)c1cncn1C. The van der Waals surface area contributed by atoms with Gasteiger partial charge in [0.15, 0.2) is 6.04 Å². The zero-order valence-electron chi connectivity index (χ0n) is 11.3. The molecule has 1 aromatic heterocycles. The molecule has 1 aromatic carbocycles. The first-order valence-electron chi connectivity index (χ1n) is 5.99. The minimum atomic E-state index is -0.571. The summed E-state index contributed by atoms with van der Waals surface area (Å²) >= 11 is 0. The number of nitrogens with one attached hydrogen (secondary N) is 1. The van der Waals surface area contributed by atoms with Crippen LogP contribution in [-0.4, -0.2) is 22.6 Å². The predicted molar refractivity (Wildman–Crippen MR) is 72.8 cm³/mol. The Morgan fingerprint density at radius 2 is 2.16 bits per heavy atom. The molecule has 0 amide bonds. The van der Waals surface area contributed by atoms with E-state index in [0.717, 1.165) is 16.9 Å². The molecule has 0 radical (unpaired) electrons. The van der Waals surface area contributed by atoms with Gasteiger partial charge in [0.05, 0.1) is 25.3 Å². The van der Waals surface area contributed by atoms with Gasteiger partial charge in [-0.15, -0.1) is 0 Å². The van der Waals surface area contributed by atoms with Gasteiger partial charge in [-0.2, -0.15) is 0 Å². The van der Waals surface area contributed by atoms with Gasteiger partial charge in [0.25, 0.3) is 0 Å². The van der Waals surface area contributed by atoms with E-state index in [1.807, 2.05) is 38.2 Å². The number of methoxy groups -OCH3 is 1. The highest BCUT2D eigenvalue weighted by Crippen LogP contribution is 2.22. The normalized spacial score (nSPS) is 11.9. The Labute approximate surface area is 112 Å². The van der Waals surface area contributed by atoms with Crippen molar-refractivity contribution < 1.29 is 9.53 Å². The Hall–Kier alpha value is -2.30. The summed E-state index contributed by atoms with van der Waals surface area (Å²) < 4.78 is 6.66. The van der Waals surface area contributed by atoms with Gasteiger partial charge < -0.3 is 14.6 Å². The number of rotatable bonds is 4. The standard InChI is InChI=1S/C14H17N3O2/c1-10-6-4-5-7-11(10)16-13(14(18)19-3)12-8-15-9-17(12)2/h4-9,13,16H,1-3H3. The van der Waals surface area contributed by atoms with E-state index in [1.165, 1.54) is 7.11 Å². The number of esters is 1. The average Bonchev–Trinajstić information content (AvgIpc) is 2.83. The molecule has 0 spiro atoms. The molecule has 1 heterocycles. The highest BCUT2D eigenvalue weighted by molar-refractivity contribution is 5.80. The summed E-state index contributed by atoms with van der Waals surface area (Å²) in [5.74, 6) is -0.341. The van der Waals surface area contributed by atoms with Crippen LogP contribution in [0.25, 0.3) is 0 Å². The number of imidazole rings is 1. The Bertz CT molecular complexity index is 578. The van der Waals surface area contributed by atoms with E-state index in [2.05, 4.69) is 10.3 Å². The third-order valence-corrected chi connectivity index (χ3v) is 3.03. The fourth-order valence-corrected chi connectivity index (χ4v) is 1.91. The molecular formula is C14H17N3O2. The van der Waals surface area contributed by atoms with Crippen molar-refractivity contribution in [2.24, 2.45) is 7.05 Å². The van der Waals surface area contributed by atoms with E-state index >= 15 is 0 Å². The second-order valence-corrected chi connectivity index (χ2v) is 4.34. The number of anilines is 1. The van der Waals surface area contributed by atoms with Crippen molar-refractivity contribution >= 4 is 11.7 Å². The van der Waals surface area contributed by atoms with Gasteiger partial charge in [-0.1, -0.05) is 18.2 Å². The maximum absolute atomic E-state index is 12.0. The molecule has 2 aromatic rings. The summed E-state index contributed by atoms with van der Waals surface area (Å²) in [6.45, 7) is 1.99. The summed E-state index contributed by atoms with van der Waals surface area (Å²) in [6.07, 6.45) is 3.32. The lowest BCUT2D eigenvalue weighted by molar-refractivity contribution is -0.141. The van der Waals surface area contributed by atoms with E-state index < -0.39 is 6.04 Å². The molecule has 19 heavy (non-hydrogen) atoms. The van der Waals surface area contributed by atoms with Crippen molar-refractivity contribution in [1.29, 1.82) is 0 Å². The molecule has 1 unspecified atom stereocenters. The molecule has 0 fully saturated rings. The zero-order valence-corrected chi connectivity index (χ0v) is 11.3. The number of carbonyl (C=O) groups excluding carboxylic acids is 1. The smallest absolute Gasteiger partial charge is 0.334 e. The van der Waals surface area contributed by atoms with Gasteiger partial charge in [0, 0.05) is 12.7 Å². The van der Waals surface area contributed by atoms with Crippen molar-refractivity contribution in [2.45, 2.75) is 13.0 Å². The van der Waals surface area contributed by atoms with Crippen LogP contribution in [0.4, 0.5) is 5.69 Å². The van der Waals surface area contributed by atoms with E-state index in [0.29, 0.717) is 0 Å². The van der Waals surface area contributed by atoms with Crippen LogP contribution in [0.5, 0.6) is 0 Å². The van der Waals surface area contributed by atoms with Gasteiger partial charge in [0.2, 0.25) is 0 Å². The molecule has 0 aliphatic carbocycles. The van der Waals surface area contributed by atoms with Crippen LogP contribution in [0.1, 0.15) is 17.3 Å². The predicted octanol–water partition coefficient (Wildman–Crippen LogP) is 2.05. The van der Waals surface area contributed by atoms with E-state index in [9.17, 15) is 4.79 Å². The molecule has 2 rings (SSSR count). The first-order valence-corrected chi connectivity index (χ1v) is 5.99. The number of hydrogen-bond donors (Lipinski definition) is 1. The second kappa shape index (κ2) is 5.56. The van der Waals surface area contributed by atoms with Crippen molar-refractivity contribution in [1.82, 2.24) is 9.55 Å². The van der Waals surface area contributed by atoms with Gasteiger partial charge in [0.1, 0.15) is 0 Å². The van der Waals surface area contributed by atoms with Crippen LogP contribution in [0.3, 0.4) is 0 Å². The molecule has 5 nitrogen and oxygen atoms in total. The monoisotopic (exact) mass is 259 g/mol. The van der Waals surface area contributed by atoms with Gasteiger partial charge in [-0.05, 0) is 18.6 Å². The van der Waals surface area contributed by atoms with Crippen molar-refractivity contribution in [2.75, 3.05) is 12.4 Å². The lowest BCUT2D eigenvalue weighted by Gasteiger charge is -2.19. The van der Waals surface area contributed by atoms with Crippen molar-refractivity contribution in [3.05, 3.63) is 48.0 Å². The van der Waals surface area contributed by atoms with Crippen LogP contribution >= 0.6 is 0 Å². The molecule has 1 N–H and O–H groups in total. The van der Waals surface area contributed by atoms with Crippen molar-refractivity contribution in [3.63, 3.8) is 0 Å². The van der Waals surface area contributed by atoms with E-state index in [4.69, 9.17) is 4.74 Å². The van der Waals surface area contributed by atoms with Crippen molar-refractivity contribution in [3.8, 4) is 0 Å². The summed E-state index contributed by atoms with van der Waals surface area (Å²) in [4.78, 5) is 16.0. The van der Waals surface area contributed by atoms with Gasteiger partial charge in [-0.25, -0.2) is 9.78 Å². The molecule has 0 saturated carbocycles. The maximum atomic E-state index is 12.0. The Morgan fingerprint density at radius 1 is 1.42 bits per heavy atom. The maximum Gasteiger partial charge on any atom is 0.334 e. The molecular weight excluding hydrogens is 242 g/mol. The fraction of sp³-hybridized carbons (Fsp3) is 0.286. The number of aryl methyl sites for hydroxylation is 2. The number of aromatic nitrogens is 2. The zero-order chi connectivity index (χ0) is 13.8. The van der Waals surface area contributed by atoms with E-state index in [1.54, 1.807) is 17.1 Å². The van der Waals surface area contributed by atoms with Crippen LogP contribution in [0.15, 0.2) is 36.8 Å². The number of para-hydroxylation sites is 1. The van der Waals surface area contributed by atoms with Crippen LogP contribution in [0, 0.1) is 6.92 Å². The molecule has 0 saturated heterocycles. The van der Waals surface area contributed by atoms with Crippen LogP contribution < -0.4 is 5.32 Å². The average molecular weight is 259 g/mol. The third kappa shape index (κ3) is 2.76. The van der Waals surface area contributed by atoms with E-state index in [-0.39, 0.29) is 5.97 Å². The summed E-state index contributed by atoms with van der Waals surface area (Å²) in [5.41, 5.74) is 2.73. The lowest BCUT2D eigenvalue weighted by Crippen LogP contribution is -2.24. The number of ether oxygens (including phenoxy) is 1. The van der Waals surface area contributed by atoms with Gasteiger partial charge in [-0.3, -0.25) is 0 Å². The highest BCUT2D eigenvalue weighted by atomic mass is 16.5. The first-order chi connectivity index (χ1) is 9.13. The molecule has 5 heteroatoms. The summed E-state index contributed by atoms with van der Waals surface area (Å²) in [6, 6.07) is 7.23. The fourth-order valence-electron chi connectivity index (χ4n) is 1.91. The summed E-state index contributed by atoms with van der Waals surface area (Å²) in [7, 11) is 3.23. The largest absolute Gasteiger partial charge is 0.467 e. The topological polar surface area (TPSA) is 56.1 Å². The molecule has 1 atom stereocenters. The first kappa shape index (κ1) is 13.1. The Kier molecular flexibility index (Phi) is 3.85.